The van der Waals surface area contributed by atoms with Crippen LogP contribution in [0, 0.1) is 19.7 Å². The minimum atomic E-state index is -0.930. The van der Waals surface area contributed by atoms with Gasteiger partial charge in [0.2, 0.25) is 0 Å². The second kappa shape index (κ2) is 7.88. The van der Waals surface area contributed by atoms with Crippen LogP contribution in [0.5, 0.6) is 5.75 Å². The Morgan fingerprint density at radius 3 is 2.76 bits per heavy atom. The van der Waals surface area contributed by atoms with E-state index in [0.29, 0.717) is 5.52 Å². The fraction of sp³-hybridized carbons (Fsp3) is 0.200. The van der Waals surface area contributed by atoms with Crippen molar-refractivity contribution in [1.82, 2.24) is 15.0 Å². The van der Waals surface area contributed by atoms with E-state index in [2.05, 4.69) is 19.7 Å². The predicted molar refractivity (Wildman–Crippen MR) is 110 cm³/mol. The molecular formula is C20H15ClFN3O3S. The van der Waals surface area contributed by atoms with Gasteiger partial charge in [-0.05, 0) is 31.5 Å². The lowest BCUT2D eigenvalue weighted by molar-refractivity contribution is 0.146. The van der Waals surface area contributed by atoms with E-state index < -0.39 is 11.2 Å². The number of fused-ring (bicyclic) bond motifs is 2. The molecule has 0 radical (unpaired) electrons. The van der Waals surface area contributed by atoms with Crippen LogP contribution in [0.2, 0.25) is 0 Å². The fourth-order valence-corrected chi connectivity index (χ4v) is 4.02. The Morgan fingerprint density at radius 2 is 1.97 bits per heavy atom. The van der Waals surface area contributed by atoms with Crippen molar-refractivity contribution in [2.75, 3.05) is 13.2 Å². The van der Waals surface area contributed by atoms with Crippen LogP contribution in [0.25, 0.3) is 31.8 Å². The third kappa shape index (κ3) is 4.13. The number of hydrogen-bond acceptors (Lipinski definition) is 7. The van der Waals surface area contributed by atoms with Crippen LogP contribution in [0.15, 0.2) is 30.5 Å². The summed E-state index contributed by atoms with van der Waals surface area (Å²) >= 11 is 6.50. The maximum atomic E-state index is 14.4. The van der Waals surface area contributed by atoms with E-state index in [1.165, 1.54) is 17.4 Å². The summed E-state index contributed by atoms with van der Waals surface area (Å²) in [5, 5.41) is 0.722. The van der Waals surface area contributed by atoms with Gasteiger partial charge in [0.25, 0.3) is 0 Å². The third-order valence-corrected chi connectivity index (χ3v) is 5.30. The van der Waals surface area contributed by atoms with Crippen LogP contribution < -0.4 is 4.74 Å². The van der Waals surface area contributed by atoms with Gasteiger partial charge >= 0.3 is 5.43 Å². The molecule has 0 amide bonds. The number of hydrogen-bond donors (Lipinski definition) is 0. The molecule has 0 spiro atoms. The molecule has 0 atom stereocenters. The fourth-order valence-electron chi connectivity index (χ4n) is 2.95. The molecule has 2 heterocycles. The van der Waals surface area contributed by atoms with E-state index in [-0.39, 0.29) is 19.0 Å². The Labute approximate surface area is 174 Å². The van der Waals surface area contributed by atoms with Gasteiger partial charge in [0, 0.05) is 35.5 Å². The topological polar surface area (TPSA) is 74.2 Å². The summed E-state index contributed by atoms with van der Waals surface area (Å²) in [5.41, 5.74) is 3.86. The van der Waals surface area contributed by atoms with E-state index in [9.17, 15) is 9.18 Å². The van der Waals surface area contributed by atoms with Crippen LogP contribution in [0.3, 0.4) is 0 Å². The number of aromatic nitrogens is 3. The van der Waals surface area contributed by atoms with E-state index >= 15 is 0 Å². The van der Waals surface area contributed by atoms with Crippen molar-refractivity contribution in [3.05, 3.63) is 47.5 Å². The van der Waals surface area contributed by atoms with Gasteiger partial charge in [-0.2, -0.15) is 0 Å². The number of carbonyl (C=O) groups excluding carboxylic acids is 1. The molecule has 9 heteroatoms. The lowest BCUT2D eigenvalue weighted by Crippen LogP contribution is -2.08. The molecule has 4 aromatic rings. The maximum Gasteiger partial charge on any atom is 0.403 e. The second-order valence-electron chi connectivity index (χ2n) is 6.40. The number of benzene rings is 2. The molecule has 0 aliphatic carbocycles. The number of carbonyl (C=O) groups is 1. The molecule has 0 saturated carbocycles. The van der Waals surface area contributed by atoms with E-state index in [0.717, 1.165) is 37.6 Å². The minimum Gasteiger partial charge on any atom is -0.487 e. The van der Waals surface area contributed by atoms with Gasteiger partial charge in [0.1, 0.15) is 18.2 Å². The zero-order valence-corrected chi connectivity index (χ0v) is 17.1. The largest absolute Gasteiger partial charge is 0.487 e. The average Bonchev–Trinajstić information content (AvgIpc) is 3.06. The van der Waals surface area contributed by atoms with Crippen molar-refractivity contribution in [2.24, 2.45) is 0 Å². The van der Waals surface area contributed by atoms with Crippen LogP contribution in [-0.2, 0) is 4.74 Å². The standard InChI is InChI=1S/C20H15ClFN3O3S/c1-10-5-12(18-15(6-10)24-11(2)9-23-18)19-25-14-7-13(22)16(8-17(14)29-19)27-3-4-28-20(21)26/h5-9H,3-4H2,1-2H3. The van der Waals surface area contributed by atoms with Gasteiger partial charge in [-0.3, -0.25) is 4.98 Å². The zero-order valence-electron chi connectivity index (χ0n) is 15.5. The highest BCUT2D eigenvalue weighted by molar-refractivity contribution is 7.21. The maximum absolute atomic E-state index is 14.4. The van der Waals surface area contributed by atoms with E-state index in [1.54, 1.807) is 12.3 Å². The first-order valence-electron chi connectivity index (χ1n) is 8.70. The molecule has 29 heavy (non-hydrogen) atoms. The average molecular weight is 432 g/mol. The van der Waals surface area contributed by atoms with Crippen LogP contribution in [-0.4, -0.2) is 33.6 Å². The lowest BCUT2D eigenvalue weighted by atomic mass is 10.1. The molecule has 0 N–H and O–H groups in total. The normalized spacial score (nSPS) is 11.2. The summed E-state index contributed by atoms with van der Waals surface area (Å²) in [7, 11) is 0. The number of halogens is 2. The first-order valence-corrected chi connectivity index (χ1v) is 9.89. The first kappa shape index (κ1) is 19.5. The van der Waals surface area contributed by atoms with Gasteiger partial charge in [-0.15, -0.1) is 11.3 Å². The molecule has 2 aromatic carbocycles. The Hall–Kier alpha value is -2.84. The van der Waals surface area contributed by atoms with Crippen LogP contribution >= 0.6 is 22.9 Å². The van der Waals surface area contributed by atoms with Crippen molar-refractivity contribution >= 4 is 49.6 Å². The summed E-state index contributed by atoms with van der Waals surface area (Å²) < 4.78 is 25.1. The molecule has 0 bridgehead atoms. The summed E-state index contributed by atoms with van der Waals surface area (Å²) in [6, 6.07) is 6.89. The Balaban J connectivity index is 1.71. The number of nitrogens with zero attached hydrogens (tertiary/aromatic N) is 3. The van der Waals surface area contributed by atoms with Crippen LogP contribution in [0.1, 0.15) is 11.3 Å². The number of thiazole rings is 1. The molecule has 6 nitrogen and oxygen atoms in total. The van der Waals surface area contributed by atoms with Gasteiger partial charge < -0.3 is 9.47 Å². The Bertz CT molecular complexity index is 1240. The van der Waals surface area contributed by atoms with Crippen molar-refractivity contribution < 1.29 is 18.7 Å². The monoisotopic (exact) mass is 431 g/mol. The van der Waals surface area contributed by atoms with Crippen molar-refractivity contribution in [3.8, 4) is 16.3 Å². The van der Waals surface area contributed by atoms with Gasteiger partial charge in [0.15, 0.2) is 11.6 Å². The smallest absolute Gasteiger partial charge is 0.403 e. The molecular weight excluding hydrogens is 417 g/mol. The molecule has 4 rings (SSSR count). The van der Waals surface area contributed by atoms with Crippen molar-refractivity contribution in [3.63, 3.8) is 0 Å². The van der Waals surface area contributed by atoms with Gasteiger partial charge in [0.05, 0.1) is 26.9 Å². The number of rotatable bonds is 5. The first-order chi connectivity index (χ1) is 13.9. The van der Waals surface area contributed by atoms with Crippen molar-refractivity contribution in [1.29, 1.82) is 0 Å². The highest BCUT2D eigenvalue weighted by Gasteiger charge is 2.15. The molecule has 0 saturated heterocycles. The SMILES string of the molecule is Cc1cc(-c2nc3cc(F)c(OCCOC(=O)Cl)cc3s2)c2ncc(C)nc2c1. The Morgan fingerprint density at radius 1 is 1.14 bits per heavy atom. The highest BCUT2D eigenvalue weighted by atomic mass is 35.5. The summed E-state index contributed by atoms with van der Waals surface area (Å²) in [6.07, 6.45) is 1.72. The zero-order chi connectivity index (χ0) is 20.5. The summed E-state index contributed by atoms with van der Waals surface area (Å²) in [5.74, 6) is -0.487. The lowest BCUT2D eigenvalue weighted by Gasteiger charge is -2.06. The number of ether oxygens (including phenoxy) is 2. The Kier molecular flexibility index (Phi) is 5.29. The molecule has 0 fully saturated rings. The van der Waals surface area contributed by atoms with E-state index in [1.807, 2.05) is 26.0 Å². The molecule has 148 valence electrons. The highest BCUT2D eigenvalue weighted by Crippen LogP contribution is 2.36. The minimum absolute atomic E-state index is 0.00992. The summed E-state index contributed by atoms with van der Waals surface area (Å²) in [6.45, 7) is 3.80. The van der Waals surface area contributed by atoms with Gasteiger partial charge in [-0.1, -0.05) is 0 Å². The third-order valence-electron chi connectivity index (χ3n) is 4.14. The quantitative estimate of drug-likeness (QED) is 0.310. The van der Waals surface area contributed by atoms with Crippen molar-refractivity contribution in [2.45, 2.75) is 13.8 Å². The molecule has 2 aromatic heterocycles. The molecule has 0 aliphatic heterocycles. The van der Waals surface area contributed by atoms with E-state index in [4.69, 9.17) is 16.3 Å². The molecule has 0 unspecified atom stereocenters. The van der Waals surface area contributed by atoms with Crippen LogP contribution in [0.4, 0.5) is 9.18 Å². The predicted octanol–water partition coefficient (Wildman–Crippen LogP) is 5.42. The number of aryl methyl sites for hydroxylation is 2. The molecule has 0 aliphatic rings. The summed E-state index contributed by atoms with van der Waals surface area (Å²) in [4.78, 5) is 24.2. The second-order valence-corrected chi connectivity index (χ2v) is 7.73. The van der Waals surface area contributed by atoms with Gasteiger partial charge in [-0.25, -0.2) is 19.2 Å².